The average molecular weight is 328 g/mol. The number of carbonyl (C=O) groups is 1. The number of alkyl halides is 3. The summed E-state index contributed by atoms with van der Waals surface area (Å²) in [6.07, 6.45) is -4.80. The topological polar surface area (TPSA) is 35.5 Å². The Hall–Kier alpha value is -2.57. The molecule has 0 amide bonds. The van der Waals surface area contributed by atoms with E-state index >= 15 is 0 Å². The Morgan fingerprint density at radius 2 is 1.74 bits per heavy atom. The van der Waals surface area contributed by atoms with Crippen LogP contribution in [-0.4, -0.2) is 18.9 Å². The second-order valence-electron chi connectivity index (χ2n) is 4.49. The van der Waals surface area contributed by atoms with Crippen molar-refractivity contribution >= 4 is 5.97 Å². The summed E-state index contributed by atoms with van der Waals surface area (Å²) in [5.74, 6) is -1.63. The fourth-order valence-electron chi connectivity index (χ4n) is 1.92. The van der Waals surface area contributed by atoms with Crippen molar-refractivity contribution in [3.63, 3.8) is 0 Å². The Morgan fingerprint density at radius 1 is 1.09 bits per heavy atom. The second-order valence-corrected chi connectivity index (χ2v) is 4.49. The van der Waals surface area contributed by atoms with Gasteiger partial charge in [-0.25, -0.2) is 9.18 Å². The summed E-state index contributed by atoms with van der Waals surface area (Å²) < 4.78 is 58.8. The normalized spacial score (nSPS) is 11.2. The van der Waals surface area contributed by atoms with E-state index in [0.29, 0.717) is 5.56 Å². The molecule has 0 aliphatic heterocycles. The van der Waals surface area contributed by atoms with Crippen LogP contribution in [0.1, 0.15) is 17.3 Å². The molecule has 23 heavy (non-hydrogen) atoms. The van der Waals surface area contributed by atoms with Crippen molar-refractivity contribution < 1.29 is 31.8 Å². The maximum atomic E-state index is 13.9. The Balaban J connectivity index is 2.30. The van der Waals surface area contributed by atoms with E-state index < -0.39 is 23.9 Å². The largest absolute Gasteiger partial charge is 0.573 e. The molecule has 0 saturated heterocycles. The number of hydrogen-bond acceptors (Lipinski definition) is 3. The molecule has 0 atom stereocenters. The molecule has 2 rings (SSSR count). The summed E-state index contributed by atoms with van der Waals surface area (Å²) in [5.41, 5.74) is 0.538. The van der Waals surface area contributed by atoms with Crippen LogP contribution in [0.3, 0.4) is 0 Å². The van der Waals surface area contributed by atoms with Crippen molar-refractivity contribution in [1.82, 2.24) is 0 Å². The Morgan fingerprint density at radius 3 is 2.30 bits per heavy atom. The van der Waals surface area contributed by atoms with E-state index in [1.54, 1.807) is 6.92 Å². The van der Waals surface area contributed by atoms with Crippen LogP contribution in [0.2, 0.25) is 0 Å². The van der Waals surface area contributed by atoms with Crippen LogP contribution in [-0.2, 0) is 4.74 Å². The van der Waals surface area contributed by atoms with E-state index in [-0.39, 0.29) is 17.7 Å². The highest BCUT2D eigenvalue weighted by molar-refractivity contribution is 5.91. The lowest BCUT2D eigenvalue weighted by molar-refractivity contribution is -0.274. The van der Waals surface area contributed by atoms with Gasteiger partial charge in [0, 0.05) is 5.56 Å². The summed E-state index contributed by atoms with van der Waals surface area (Å²) in [7, 11) is 0. The Kier molecular flexibility index (Phi) is 4.88. The molecule has 0 aliphatic carbocycles. The smallest absolute Gasteiger partial charge is 0.462 e. The van der Waals surface area contributed by atoms with Gasteiger partial charge < -0.3 is 9.47 Å². The van der Waals surface area contributed by atoms with Gasteiger partial charge in [-0.3, -0.25) is 0 Å². The van der Waals surface area contributed by atoms with E-state index in [9.17, 15) is 22.4 Å². The zero-order valence-corrected chi connectivity index (χ0v) is 12.0. The molecule has 0 saturated carbocycles. The van der Waals surface area contributed by atoms with E-state index in [4.69, 9.17) is 4.74 Å². The molecule has 0 heterocycles. The van der Waals surface area contributed by atoms with Crippen LogP contribution >= 0.6 is 0 Å². The van der Waals surface area contributed by atoms with Gasteiger partial charge in [0.1, 0.15) is 11.6 Å². The molecule has 0 spiro atoms. The molecule has 0 aromatic heterocycles. The van der Waals surface area contributed by atoms with Crippen LogP contribution in [0.4, 0.5) is 17.6 Å². The fourth-order valence-corrected chi connectivity index (χ4v) is 1.92. The fraction of sp³-hybridized carbons (Fsp3) is 0.188. The van der Waals surface area contributed by atoms with Crippen molar-refractivity contribution in [2.75, 3.05) is 6.61 Å². The van der Waals surface area contributed by atoms with Gasteiger partial charge in [0.25, 0.3) is 0 Å². The SMILES string of the molecule is CCOC(=O)c1ccc(F)c(-c2ccc(OC(F)(F)F)cc2)c1. The lowest BCUT2D eigenvalue weighted by Gasteiger charge is -2.10. The molecule has 0 bridgehead atoms. The highest BCUT2D eigenvalue weighted by atomic mass is 19.4. The van der Waals surface area contributed by atoms with Crippen molar-refractivity contribution in [3.05, 3.63) is 53.8 Å². The van der Waals surface area contributed by atoms with Crippen molar-refractivity contribution in [2.24, 2.45) is 0 Å². The first-order valence-corrected chi connectivity index (χ1v) is 6.63. The van der Waals surface area contributed by atoms with E-state index in [1.165, 1.54) is 24.3 Å². The van der Waals surface area contributed by atoms with Gasteiger partial charge in [0.2, 0.25) is 0 Å². The van der Waals surface area contributed by atoms with Gasteiger partial charge in [0.15, 0.2) is 0 Å². The molecule has 2 aromatic rings. The summed E-state index contributed by atoms with van der Waals surface area (Å²) >= 11 is 0. The number of ether oxygens (including phenoxy) is 2. The van der Waals surface area contributed by atoms with Crippen LogP contribution in [0.5, 0.6) is 5.75 Å². The van der Waals surface area contributed by atoms with Crippen LogP contribution < -0.4 is 4.74 Å². The van der Waals surface area contributed by atoms with Crippen LogP contribution in [0.25, 0.3) is 11.1 Å². The number of carbonyl (C=O) groups excluding carboxylic acids is 1. The molecule has 0 fully saturated rings. The summed E-state index contributed by atoms with van der Waals surface area (Å²) in [6.45, 7) is 1.82. The van der Waals surface area contributed by atoms with E-state index in [2.05, 4.69) is 4.74 Å². The maximum Gasteiger partial charge on any atom is 0.573 e. The van der Waals surface area contributed by atoms with Gasteiger partial charge in [-0.05, 0) is 42.8 Å². The molecule has 0 aliphatic rings. The molecular weight excluding hydrogens is 316 g/mol. The molecule has 3 nitrogen and oxygen atoms in total. The minimum absolute atomic E-state index is 0.0779. The second kappa shape index (κ2) is 6.68. The predicted molar refractivity (Wildman–Crippen MR) is 74.5 cm³/mol. The molecule has 0 N–H and O–H groups in total. The summed E-state index contributed by atoms with van der Waals surface area (Å²) in [4.78, 5) is 11.7. The van der Waals surface area contributed by atoms with Gasteiger partial charge in [-0.2, -0.15) is 0 Å². The van der Waals surface area contributed by atoms with Crippen molar-refractivity contribution in [3.8, 4) is 16.9 Å². The van der Waals surface area contributed by atoms with E-state index in [1.807, 2.05) is 0 Å². The zero-order valence-electron chi connectivity index (χ0n) is 12.0. The summed E-state index contributed by atoms with van der Waals surface area (Å²) in [6, 6.07) is 8.34. The number of halogens is 4. The van der Waals surface area contributed by atoms with Gasteiger partial charge in [-0.15, -0.1) is 13.2 Å². The number of hydrogen-bond donors (Lipinski definition) is 0. The lowest BCUT2D eigenvalue weighted by Crippen LogP contribution is -2.16. The number of rotatable bonds is 4. The minimum Gasteiger partial charge on any atom is -0.462 e. The lowest BCUT2D eigenvalue weighted by atomic mass is 10.0. The molecule has 122 valence electrons. The first kappa shape index (κ1) is 16.8. The molecular formula is C16H12F4O3. The summed E-state index contributed by atoms with van der Waals surface area (Å²) in [5, 5.41) is 0. The Bertz CT molecular complexity index is 693. The first-order valence-electron chi connectivity index (χ1n) is 6.63. The molecule has 7 heteroatoms. The quantitative estimate of drug-likeness (QED) is 0.609. The zero-order chi connectivity index (χ0) is 17.0. The average Bonchev–Trinajstić information content (AvgIpc) is 2.47. The van der Waals surface area contributed by atoms with E-state index in [0.717, 1.165) is 18.2 Å². The van der Waals surface area contributed by atoms with Gasteiger partial charge in [-0.1, -0.05) is 12.1 Å². The van der Waals surface area contributed by atoms with Crippen molar-refractivity contribution in [2.45, 2.75) is 13.3 Å². The standard InChI is InChI=1S/C16H12F4O3/c1-2-22-15(21)11-5-8-14(17)13(9-11)10-3-6-12(7-4-10)23-16(18,19)20/h3-9H,2H2,1H3. The molecule has 0 radical (unpaired) electrons. The highest BCUT2D eigenvalue weighted by Gasteiger charge is 2.31. The third kappa shape index (κ3) is 4.45. The molecule has 0 unspecified atom stereocenters. The minimum atomic E-state index is -4.80. The highest BCUT2D eigenvalue weighted by Crippen LogP contribution is 2.28. The maximum absolute atomic E-state index is 13.9. The van der Waals surface area contributed by atoms with Crippen LogP contribution in [0, 0.1) is 5.82 Å². The first-order chi connectivity index (χ1) is 10.8. The molecule has 2 aromatic carbocycles. The monoisotopic (exact) mass is 328 g/mol. The number of esters is 1. The van der Waals surface area contributed by atoms with Gasteiger partial charge in [0.05, 0.1) is 12.2 Å². The van der Waals surface area contributed by atoms with Gasteiger partial charge >= 0.3 is 12.3 Å². The third-order valence-corrected chi connectivity index (χ3v) is 2.88. The van der Waals surface area contributed by atoms with Crippen molar-refractivity contribution in [1.29, 1.82) is 0 Å². The van der Waals surface area contributed by atoms with Crippen LogP contribution in [0.15, 0.2) is 42.5 Å². The Labute approximate surface area is 129 Å². The third-order valence-electron chi connectivity index (χ3n) is 2.88. The predicted octanol–water partition coefficient (Wildman–Crippen LogP) is 4.57. The number of benzene rings is 2.